The second kappa shape index (κ2) is 5.66. The fourth-order valence-corrected chi connectivity index (χ4v) is 2.91. The third-order valence-electron chi connectivity index (χ3n) is 3.99. The van der Waals surface area contributed by atoms with Crippen LogP contribution in [-0.2, 0) is 0 Å². The minimum Gasteiger partial charge on any atom is -0.505 e. The van der Waals surface area contributed by atoms with Crippen LogP contribution in [0.25, 0.3) is 16.8 Å². The maximum Gasteiger partial charge on any atom is 0.217 e. The van der Waals surface area contributed by atoms with Gasteiger partial charge in [0.05, 0.1) is 16.8 Å². The molecule has 4 nitrogen and oxygen atoms in total. The molecule has 0 spiro atoms. The average Bonchev–Trinajstić information content (AvgIpc) is 2.95. The third-order valence-corrected chi connectivity index (χ3v) is 3.99. The van der Waals surface area contributed by atoms with E-state index in [-0.39, 0.29) is 17.1 Å². The lowest BCUT2D eigenvalue weighted by molar-refractivity contribution is 0.103. The Balaban J connectivity index is 2.05. The van der Waals surface area contributed by atoms with Crippen LogP contribution in [0, 0.1) is 0 Å². The van der Waals surface area contributed by atoms with E-state index in [2.05, 4.69) is 4.98 Å². The Bertz CT molecular complexity index is 1020. The summed E-state index contributed by atoms with van der Waals surface area (Å²) in [5, 5.41) is 10.7. The Morgan fingerprint density at radius 1 is 0.917 bits per heavy atom. The van der Waals surface area contributed by atoms with Gasteiger partial charge in [-0.1, -0.05) is 42.5 Å². The van der Waals surface area contributed by atoms with Gasteiger partial charge in [0.15, 0.2) is 5.75 Å². The van der Waals surface area contributed by atoms with Crippen LogP contribution in [0.3, 0.4) is 0 Å². The van der Waals surface area contributed by atoms with Crippen molar-refractivity contribution in [2.45, 2.75) is 0 Å². The van der Waals surface area contributed by atoms with Gasteiger partial charge in [-0.15, -0.1) is 0 Å². The molecule has 0 bridgehead atoms. The highest BCUT2D eigenvalue weighted by Crippen LogP contribution is 2.37. The zero-order chi connectivity index (χ0) is 16.5. The number of rotatable bonds is 3. The van der Waals surface area contributed by atoms with Crippen molar-refractivity contribution in [1.82, 2.24) is 9.38 Å². The summed E-state index contributed by atoms with van der Waals surface area (Å²) in [7, 11) is 0. The van der Waals surface area contributed by atoms with Crippen LogP contribution in [0.5, 0.6) is 5.75 Å². The highest BCUT2D eigenvalue weighted by atomic mass is 16.3. The molecule has 0 aliphatic carbocycles. The van der Waals surface area contributed by atoms with Crippen molar-refractivity contribution >= 4 is 11.3 Å². The normalized spacial score (nSPS) is 10.8. The number of nitrogens with zero attached hydrogens (tertiary/aromatic N) is 2. The summed E-state index contributed by atoms with van der Waals surface area (Å²) in [5.74, 6) is -0.319. The Hall–Kier alpha value is -3.40. The average molecular weight is 314 g/mol. The maximum absolute atomic E-state index is 13.0. The summed E-state index contributed by atoms with van der Waals surface area (Å²) in [6.07, 6.45) is 3.41. The van der Waals surface area contributed by atoms with Crippen molar-refractivity contribution in [2.24, 2.45) is 0 Å². The van der Waals surface area contributed by atoms with Crippen molar-refractivity contribution in [3.8, 4) is 17.0 Å². The Kier molecular flexibility index (Phi) is 3.35. The van der Waals surface area contributed by atoms with Gasteiger partial charge in [0.25, 0.3) is 0 Å². The molecular formula is C20H14N2O2. The molecule has 116 valence electrons. The monoisotopic (exact) mass is 314 g/mol. The molecule has 1 N–H and O–H groups in total. The van der Waals surface area contributed by atoms with Crippen molar-refractivity contribution in [1.29, 1.82) is 0 Å². The highest BCUT2D eigenvalue weighted by Gasteiger charge is 2.25. The number of carbonyl (C=O) groups is 1. The number of benzene rings is 1. The van der Waals surface area contributed by atoms with E-state index in [0.29, 0.717) is 16.9 Å². The van der Waals surface area contributed by atoms with Crippen molar-refractivity contribution < 1.29 is 9.90 Å². The van der Waals surface area contributed by atoms with Crippen LogP contribution in [-0.4, -0.2) is 20.3 Å². The number of ketones is 1. The van der Waals surface area contributed by atoms with Crippen molar-refractivity contribution in [3.63, 3.8) is 0 Å². The highest BCUT2D eigenvalue weighted by molar-refractivity contribution is 6.15. The SMILES string of the molecule is O=C(c1ccccn1)c1c(O)c2ccccn2c1-c1ccccc1. The van der Waals surface area contributed by atoms with Crippen LogP contribution in [0.4, 0.5) is 0 Å². The van der Waals surface area contributed by atoms with Gasteiger partial charge in [0, 0.05) is 12.4 Å². The molecule has 0 saturated carbocycles. The fourth-order valence-electron chi connectivity index (χ4n) is 2.91. The summed E-state index contributed by atoms with van der Waals surface area (Å²) in [6.45, 7) is 0. The Labute approximate surface area is 138 Å². The molecule has 0 unspecified atom stereocenters. The van der Waals surface area contributed by atoms with Crippen LogP contribution in [0.2, 0.25) is 0 Å². The number of pyridine rings is 2. The number of aromatic nitrogens is 2. The molecule has 0 atom stereocenters. The lowest BCUT2D eigenvalue weighted by atomic mass is 10.0. The van der Waals surface area contributed by atoms with E-state index in [0.717, 1.165) is 5.56 Å². The first-order valence-corrected chi connectivity index (χ1v) is 7.60. The quantitative estimate of drug-likeness (QED) is 0.583. The second-order valence-corrected chi connectivity index (χ2v) is 5.44. The maximum atomic E-state index is 13.0. The molecule has 0 aliphatic rings. The molecule has 3 aromatic heterocycles. The molecule has 24 heavy (non-hydrogen) atoms. The van der Waals surface area contributed by atoms with Gasteiger partial charge >= 0.3 is 0 Å². The van der Waals surface area contributed by atoms with E-state index < -0.39 is 0 Å². The summed E-state index contributed by atoms with van der Waals surface area (Å²) >= 11 is 0. The van der Waals surface area contributed by atoms with Crippen LogP contribution < -0.4 is 0 Å². The predicted octanol–water partition coefficient (Wildman–Crippen LogP) is 3.94. The van der Waals surface area contributed by atoms with E-state index in [1.165, 1.54) is 0 Å². The van der Waals surface area contributed by atoms with Crippen molar-refractivity contribution in [3.05, 3.63) is 90.4 Å². The number of carbonyl (C=O) groups excluding carboxylic acids is 1. The molecule has 3 heterocycles. The van der Waals surface area contributed by atoms with E-state index >= 15 is 0 Å². The van der Waals surface area contributed by atoms with Gasteiger partial charge in [-0.2, -0.15) is 0 Å². The second-order valence-electron chi connectivity index (χ2n) is 5.44. The number of fused-ring (bicyclic) bond motifs is 1. The molecule has 4 heteroatoms. The molecule has 0 saturated heterocycles. The Morgan fingerprint density at radius 2 is 1.67 bits per heavy atom. The molecule has 0 amide bonds. The van der Waals surface area contributed by atoms with Gasteiger partial charge in [0.2, 0.25) is 5.78 Å². The molecule has 1 aromatic carbocycles. The molecule has 4 aromatic rings. The lowest BCUT2D eigenvalue weighted by Crippen LogP contribution is -2.05. The topological polar surface area (TPSA) is 54.6 Å². The van der Waals surface area contributed by atoms with Gasteiger partial charge in [-0.05, 0) is 29.8 Å². The number of aromatic hydroxyl groups is 1. The van der Waals surface area contributed by atoms with E-state index in [4.69, 9.17) is 0 Å². The molecule has 0 fully saturated rings. The molecule has 0 radical (unpaired) electrons. The van der Waals surface area contributed by atoms with E-state index in [1.54, 1.807) is 30.5 Å². The van der Waals surface area contributed by atoms with Gasteiger partial charge < -0.3 is 9.51 Å². The molecule has 0 aliphatic heterocycles. The standard InChI is InChI=1S/C20H14N2O2/c23-19(15-10-4-6-12-21-15)17-18(14-8-2-1-3-9-14)22-13-7-5-11-16(22)20(17)24/h1-13,24H. The summed E-state index contributed by atoms with van der Waals surface area (Å²) in [5.41, 5.74) is 2.69. The first kappa shape index (κ1) is 14.2. The van der Waals surface area contributed by atoms with Crippen LogP contribution in [0.15, 0.2) is 79.1 Å². The minimum absolute atomic E-state index is 0.0230. The van der Waals surface area contributed by atoms with E-state index in [9.17, 15) is 9.90 Å². The largest absolute Gasteiger partial charge is 0.505 e. The zero-order valence-electron chi connectivity index (χ0n) is 12.8. The first-order chi connectivity index (χ1) is 11.8. The van der Waals surface area contributed by atoms with Gasteiger partial charge in [-0.25, -0.2) is 0 Å². The number of hydrogen-bond acceptors (Lipinski definition) is 3. The van der Waals surface area contributed by atoms with E-state index in [1.807, 2.05) is 53.1 Å². The number of hydrogen-bond donors (Lipinski definition) is 1. The summed E-state index contributed by atoms with van der Waals surface area (Å²) < 4.78 is 1.83. The van der Waals surface area contributed by atoms with Gasteiger partial charge in [0.1, 0.15) is 5.69 Å². The van der Waals surface area contributed by atoms with Gasteiger partial charge in [-0.3, -0.25) is 9.78 Å². The minimum atomic E-state index is -0.296. The Morgan fingerprint density at radius 3 is 2.42 bits per heavy atom. The smallest absolute Gasteiger partial charge is 0.217 e. The molecule has 4 rings (SSSR count). The van der Waals surface area contributed by atoms with Crippen molar-refractivity contribution in [2.75, 3.05) is 0 Å². The molecular weight excluding hydrogens is 300 g/mol. The fraction of sp³-hybridized carbons (Fsp3) is 0. The van der Waals surface area contributed by atoms with Crippen LogP contribution in [0.1, 0.15) is 16.1 Å². The summed E-state index contributed by atoms with van der Waals surface area (Å²) in [4.78, 5) is 17.1. The first-order valence-electron chi connectivity index (χ1n) is 7.60. The lowest BCUT2D eigenvalue weighted by Gasteiger charge is -2.06. The zero-order valence-corrected chi connectivity index (χ0v) is 12.8. The summed E-state index contributed by atoms with van der Waals surface area (Å²) in [6, 6.07) is 20.2. The third kappa shape index (κ3) is 2.16. The van der Waals surface area contributed by atoms with Crippen LogP contribution >= 0.6 is 0 Å². The predicted molar refractivity (Wildman–Crippen MR) is 92.2 cm³/mol.